The molecule has 0 saturated carbocycles. The number of nitrogens with two attached hydrogens (primary N) is 1. The number of hydrogen-bond donors (Lipinski definition) is 2. The predicted octanol–water partition coefficient (Wildman–Crippen LogP) is 2.30. The van der Waals surface area contributed by atoms with Crippen molar-refractivity contribution >= 4 is 18.3 Å². The Labute approximate surface area is 115 Å². The minimum Gasteiger partial charge on any atom is -0.379 e. The number of hydrogen-bond acceptors (Lipinski definition) is 2. The minimum atomic E-state index is -1.47. The van der Waals surface area contributed by atoms with Gasteiger partial charge in [0.15, 0.2) is 0 Å². The molecule has 4 heteroatoms. The van der Waals surface area contributed by atoms with E-state index in [9.17, 15) is 9.90 Å². The SMILES string of the molecule is CC(C)(C)C(O)(CCc1ccccc1)C(N)=O.Cl. The van der Waals surface area contributed by atoms with Gasteiger partial charge in [-0.15, -0.1) is 12.4 Å². The third kappa shape index (κ3) is 3.72. The molecule has 102 valence electrons. The molecule has 0 aliphatic carbocycles. The lowest BCUT2D eigenvalue weighted by Gasteiger charge is -2.37. The monoisotopic (exact) mass is 271 g/mol. The Morgan fingerprint density at radius 2 is 1.72 bits per heavy atom. The number of aryl methyl sites for hydroxylation is 1. The van der Waals surface area contributed by atoms with Gasteiger partial charge in [0.2, 0.25) is 5.91 Å². The van der Waals surface area contributed by atoms with Crippen molar-refractivity contribution in [3.63, 3.8) is 0 Å². The number of carbonyl (C=O) groups is 1. The summed E-state index contributed by atoms with van der Waals surface area (Å²) in [7, 11) is 0. The topological polar surface area (TPSA) is 63.3 Å². The number of halogens is 1. The maximum atomic E-state index is 11.5. The maximum Gasteiger partial charge on any atom is 0.249 e. The van der Waals surface area contributed by atoms with Gasteiger partial charge in [0.25, 0.3) is 0 Å². The molecule has 0 aromatic heterocycles. The number of amides is 1. The Morgan fingerprint density at radius 1 is 1.22 bits per heavy atom. The highest BCUT2D eigenvalue weighted by atomic mass is 35.5. The normalized spacial score (nSPS) is 14.4. The Hall–Kier alpha value is -1.06. The summed E-state index contributed by atoms with van der Waals surface area (Å²) in [6.07, 6.45) is 0.980. The Balaban J connectivity index is 0.00000289. The average molecular weight is 272 g/mol. The first-order chi connectivity index (χ1) is 7.77. The van der Waals surface area contributed by atoms with Crippen molar-refractivity contribution in [2.75, 3.05) is 0 Å². The summed E-state index contributed by atoms with van der Waals surface area (Å²) in [5, 5.41) is 10.4. The summed E-state index contributed by atoms with van der Waals surface area (Å²) in [5.41, 5.74) is 4.39. The van der Waals surface area contributed by atoms with Crippen LogP contribution in [0, 0.1) is 5.41 Å². The van der Waals surface area contributed by atoms with E-state index in [1.165, 1.54) is 0 Å². The summed E-state index contributed by atoms with van der Waals surface area (Å²) in [4.78, 5) is 11.5. The molecule has 0 heterocycles. The molecule has 1 aromatic rings. The quantitative estimate of drug-likeness (QED) is 0.883. The van der Waals surface area contributed by atoms with Crippen LogP contribution in [0.3, 0.4) is 0 Å². The first-order valence-electron chi connectivity index (χ1n) is 5.83. The smallest absolute Gasteiger partial charge is 0.249 e. The molecule has 1 unspecified atom stereocenters. The zero-order chi connectivity index (χ0) is 13.1. The molecule has 1 rings (SSSR count). The lowest BCUT2D eigenvalue weighted by atomic mass is 9.73. The molecule has 0 radical (unpaired) electrons. The van der Waals surface area contributed by atoms with E-state index in [4.69, 9.17) is 5.73 Å². The number of benzene rings is 1. The molecular weight excluding hydrogens is 250 g/mol. The molecule has 0 fully saturated rings. The van der Waals surface area contributed by atoms with E-state index in [-0.39, 0.29) is 12.4 Å². The maximum absolute atomic E-state index is 11.5. The van der Waals surface area contributed by atoms with Crippen LogP contribution in [0.15, 0.2) is 30.3 Å². The summed E-state index contributed by atoms with van der Waals surface area (Å²) in [5.74, 6) is -0.652. The van der Waals surface area contributed by atoms with E-state index in [1.807, 2.05) is 51.1 Å². The standard InChI is InChI=1S/C14H21NO2.ClH/c1-13(2,3)14(17,12(15)16)10-9-11-7-5-4-6-8-11;/h4-8,17H,9-10H2,1-3H3,(H2,15,16);1H. The second-order valence-electron chi connectivity index (χ2n) is 5.46. The molecule has 3 N–H and O–H groups in total. The van der Waals surface area contributed by atoms with Crippen LogP contribution < -0.4 is 5.73 Å². The zero-order valence-electron chi connectivity index (χ0n) is 11.1. The summed E-state index contributed by atoms with van der Waals surface area (Å²) >= 11 is 0. The molecule has 0 aliphatic heterocycles. The molecular formula is C14H22ClNO2. The number of primary amides is 1. The third-order valence-electron chi connectivity index (χ3n) is 3.27. The molecule has 1 atom stereocenters. The van der Waals surface area contributed by atoms with Crippen LogP contribution in [0.4, 0.5) is 0 Å². The van der Waals surface area contributed by atoms with Crippen LogP contribution in [0.2, 0.25) is 0 Å². The van der Waals surface area contributed by atoms with Crippen molar-refractivity contribution in [3.8, 4) is 0 Å². The van der Waals surface area contributed by atoms with Crippen molar-refractivity contribution < 1.29 is 9.90 Å². The van der Waals surface area contributed by atoms with E-state index in [0.29, 0.717) is 12.8 Å². The van der Waals surface area contributed by atoms with Crippen molar-refractivity contribution in [2.24, 2.45) is 11.1 Å². The fraction of sp³-hybridized carbons (Fsp3) is 0.500. The molecule has 0 bridgehead atoms. The Morgan fingerprint density at radius 3 is 2.11 bits per heavy atom. The van der Waals surface area contributed by atoms with Gasteiger partial charge in [-0.25, -0.2) is 0 Å². The van der Waals surface area contributed by atoms with Crippen molar-refractivity contribution in [1.29, 1.82) is 0 Å². The lowest BCUT2D eigenvalue weighted by Crippen LogP contribution is -2.53. The van der Waals surface area contributed by atoms with Gasteiger partial charge in [-0.3, -0.25) is 4.79 Å². The molecule has 1 aromatic carbocycles. The van der Waals surface area contributed by atoms with E-state index < -0.39 is 16.9 Å². The number of aliphatic hydroxyl groups is 1. The van der Waals surface area contributed by atoms with Crippen LogP contribution in [-0.4, -0.2) is 16.6 Å². The van der Waals surface area contributed by atoms with E-state index in [1.54, 1.807) is 0 Å². The fourth-order valence-electron chi connectivity index (χ4n) is 1.84. The van der Waals surface area contributed by atoms with Gasteiger partial charge in [0.05, 0.1) is 0 Å². The highest BCUT2D eigenvalue weighted by Gasteiger charge is 2.44. The second-order valence-corrected chi connectivity index (χ2v) is 5.46. The molecule has 1 amide bonds. The Kier molecular flexibility index (Phi) is 5.84. The first-order valence-corrected chi connectivity index (χ1v) is 5.83. The van der Waals surface area contributed by atoms with Crippen LogP contribution in [0.25, 0.3) is 0 Å². The second kappa shape index (κ2) is 6.21. The minimum absolute atomic E-state index is 0. The molecule has 0 saturated heterocycles. The lowest BCUT2D eigenvalue weighted by molar-refractivity contribution is -0.149. The average Bonchev–Trinajstić information content (AvgIpc) is 2.25. The summed E-state index contributed by atoms with van der Waals surface area (Å²) in [6, 6.07) is 9.77. The van der Waals surface area contributed by atoms with E-state index in [2.05, 4.69) is 0 Å². The molecule has 0 spiro atoms. The highest BCUT2D eigenvalue weighted by Crippen LogP contribution is 2.34. The van der Waals surface area contributed by atoms with Crippen LogP contribution in [0.5, 0.6) is 0 Å². The van der Waals surface area contributed by atoms with Crippen molar-refractivity contribution in [3.05, 3.63) is 35.9 Å². The Bertz CT molecular complexity index is 387. The third-order valence-corrected chi connectivity index (χ3v) is 3.27. The summed E-state index contributed by atoms with van der Waals surface area (Å²) in [6.45, 7) is 5.47. The van der Waals surface area contributed by atoms with Crippen molar-refractivity contribution in [1.82, 2.24) is 0 Å². The number of rotatable bonds is 4. The first kappa shape index (κ1) is 16.9. The largest absolute Gasteiger partial charge is 0.379 e. The summed E-state index contributed by atoms with van der Waals surface area (Å²) < 4.78 is 0. The van der Waals surface area contributed by atoms with E-state index >= 15 is 0 Å². The molecule has 0 aliphatic rings. The van der Waals surface area contributed by atoms with Gasteiger partial charge in [0, 0.05) is 0 Å². The van der Waals surface area contributed by atoms with Gasteiger partial charge in [0.1, 0.15) is 5.60 Å². The molecule has 3 nitrogen and oxygen atoms in total. The van der Waals surface area contributed by atoms with Gasteiger partial charge < -0.3 is 10.8 Å². The van der Waals surface area contributed by atoms with Gasteiger partial charge in [-0.1, -0.05) is 51.1 Å². The van der Waals surface area contributed by atoms with Gasteiger partial charge in [-0.05, 0) is 23.8 Å². The van der Waals surface area contributed by atoms with Crippen molar-refractivity contribution in [2.45, 2.75) is 39.2 Å². The van der Waals surface area contributed by atoms with E-state index in [0.717, 1.165) is 5.56 Å². The van der Waals surface area contributed by atoms with Gasteiger partial charge in [-0.2, -0.15) is 0 Å². The van der Waals surface area contributed by atoms with Gasteiger partial charge >= 0.3 is 0 Å². The molecule has 18 heavy (non-hydrogen) atoms. The van der Waals surface area contributed by atoms with Crippen LogP contribution in [-0.2, 0) is 11.2 Å². The number of carbonyl (C=O) groups excluding carboxylic acids is 1. The fourth-order valence-corrected chi connectivity index (χ4v) is 1.84. The van der Waals surface area contributed by atoms with Crippen LogP contribution in [0.1, 0.15) is 32.8 Å². The predicted molar refractivity (Wildman–Crippen MR) is 75.6 cm³/mol. The van der Waals surface area contributed by atoms with Crippen LogP contribution >= 0.6 is 12.4 Å². The highest BCUT2D eigenvalue weighted by molar-refractivity contribution is 5.85. The zero-order valence-corrected chi connectivity index (χ0v) is 12.0.